The van der Waals surface area contributed by atoms with Gasteiger partial charge in [-0.25, -0.2) is 0 Å². The molecule has 87 heavy (non-hydrogen) atoms. The second-order valence-corrected chi connectivity index (χ2v) is 27.0. The van der Waals surface area contributed by atoms with Gasteiger partial charge in [0.2, 0.25) is 0 Å². The Morgan fingerprint density at radius 3 is 1.83 bits per heavy atom. The van der Waals surface area contributed by atoms with E-state index in [9.17, 15) is 0 Å². The van der Waals surface area contributed by atoms with Crippen LogP contribution in [0.1, 0.15) is 83.2 Å². The quantitative estimate of drug-likeness (QED) is 0.148. The van der Waals surface area contributed by atoms with Crippen LogP contribution in [-0.4, -0.2) is 6.71 Å². The third-order valence-corrected chi connectivity index (χ3v) is 19.2. The Morgan fingerprint density at radius 1 is 0.425 bits per heavy atom. The minimum atomic E-state index is -0.168. The van der Waals surface area contributed by atoms with Gasteiger partial charge in [0, 0.05) is 67.2 Å². The minimum absolute atomic E-state index is 0.0196. The first kappa shape index (κ1) is 52.7. The number of benzene rings is 12. The third kappa shape index (κ3) is 8.26. The maximum atomic E-state index is 6.45. The summed E-state index contributed by atoms with van der Waals surface area (Å²) >= 11 is 0. The van der Waals surface area contributed by atoms with E-state index in [2.05, 4.69) is 326 Å². The molecule has 12 aromatic carbocycles. The Balaban J connectivity index is 0.959. The van der Waals surface area contributed by atoms with Crippen molar-refractivity contribution < 1.29 is 4.42 Å². The highest BCUT2D eigenvalue weighted by Gasteiger charge is 2.45. The number of rotatable bonds is 7. The first-order valence-corrected chi connectivity index (χ1v) is 30.8. The summed E-state index contributed by atoms with van der Waals surface area (Å²) in [6, 6.07) is 93.7. The van der Waals surface area contributed by atoms with E-state index >= 15 is 0 Å². The van der Waals surface area contributed by atoms with Gasteiger partial charge >= 0.3 is 0 Å². The standard InChI is InChI=1S/C82H68BN3O/c1-51-46-73-79-74(47-51)86(59-40-42-64-63-24-15-17-27-66(63)82(8,9)67(64)49-59)70-45-35-56(81(5,6)7)48-69(70)83(79)68-43-41-60(50-72(68)85(73)58-36-30-53(31-37-58)62-26-19-29-76-78(62)65-25-16-18-28-75(65)87-76)84(57-38-33-55(34-39-57)80(2,3)4)71-44-32-52-20-13-14-23-61(52)77(71)54-21-11-10-12-22-54/h10-50H,1-9H3. The van der Waals surface area contributed by atoms with E-state index in [-0.39, 0.29) is 23.0 Å². The number of nitrogens with zero attached hydrogens (tertiary/aromatic N) is 3. The summed E-state index contributed by atoms with van der Waals surface area (Å²) in [5, 5.41) is 4.67. The molecule has 0 radical (unpaired) electrons. The van der Waals surface area contributed by atoms with Gasteiger partial charge in [0.15, 0.2) is 0 Å². The largest absolute Gasteiger partial charge is 0.456 e. The second kappa shape index (κ2) is 19.3. The third-order valence-electron chi connectivity index (χ3n) is 19.2. The molecule has 0 fully saturated rings. The van der Waals surface area contributed by atoms with Crippen molar-refractivity contribution in [1.82, 2.24) is 0 Å². The van der Waals surface area contributed by atoms with Crippen molar-refractivity contribution >= 4 is 107 Å². The Kier molecular flexibility index (Phi) is 11.7. The number of aryl methyl sites for hydroxylation is 1. The van der Waals surface area contributed by atoms with Gasteiger partial charge in [-0.05, 0) is 185 Å². The van der Waals surface area contributed by atoms with Gasteiger partial charge in [0.25, 0.3) is 6.71 Å². The summed E-state index contributed by atoms with van der Waals surface area (Å²) in [6.07, 6.45) is 0. The molecule has 3 aliphatic rings. The lowest BCUT2D eigenvalue weighted by Crippen LogP contribution is -2.61. The maximum absolute atomic E-state index is 6.45. The summed E-state index contributed by atoms with van der Waals surface area (Å²) in [5.41, 5.74) is 29.5. The molecule has 0 saturated heterocycles. The summed E-state index contributed by atoms with van der Waals surface area (Å²) in [4.78, 5) is 7.68. The predicted octanol–water partition coefficient (Wildman–Crippen LogP) is 20.8. The van der Waals surface area contributed by atoms with Gasteiger partial charge in [0.1, 0.15) is 11.2 Å². The topological polar surface area (TPSA) is 22.9 Å². The van der Waals surface area contributed by atoms with Crippen molar-refractivity contribution in [3.05, 3.63) is 277 Å². The Labute approximate surface area is 511 Å². The lowest BCUT2D eigenvalue weighted by atomic mass is 9.33. The molecule has 0 amide bonds. The second-order valence-electron chi connectivity index (χ2n) is 27.0. The molecule has 420 valence electrons. The first-order valence-electron chi connectivity index (χ1n) is 30.8. The Bertz CT molecular complexity index is 4940. The average molecular weight is 1120 g/mol. The number of hydrogen-bond donors (Lipinski definition) is 0. The van der Waals surface area contributed by atoms with Crippen LogP contribution in [0.3, 0.4) is 0 Å². The van der Waals surface area contributed by atoms with Crippen LogP contribution in [0.2, 0.25) is 0 Å². The molecule has 3 heterocycles. The van der Waals surface area contributed by atoms with Crippen molar-refractivity contribution in [2.45, 2.75) is 78.6 Å². The zero-order valence-electron chi connectivity index (χ0n) is 51.0. The molecule has 4 nitrogen and oxygen atoms in total. The molecule has 5 heteroatoms. The zero-order valence-corrected chi connectivity index (χ0v) is 51.0. The molecular weight excluding hydrogens is 1050 g/mol. The molecule has 16 rings (SSSR count). The fraction of sp³-hybridized carbons (Fsp3) is 0.146. The first-order chi connectivity index (χ1) is 42.1. The van der Waals surface area contributed by atoms with Gasteiger partial charge in [-0.15, -0.1) is 0 Å². The molecular formula is C82H68BN3O. The van der Waals surface area contributed by atoms with Crippen molar-refractivity contribution in [3.63, 3.8) is 0 Å². The normalized spacial score (nSPS) is 13.8. The molecule has 0 atom stereocenters. The van der Waals surface area contributed by atoms with Crippen LogP contribution in [0.4, 0.5) is 51.2 Å². The van der Waals surface area contributed by atoms with Crippen LogP contribution in [0.25, 0.3) is 66.1 Å². The van der Waals surface area contributed by atoms with E-state index < -0.39 is 0 Å². The Morgan fingerprint density at radius 2 is 1.06 bits per heavy atom. The van der Waals surface area contributed by atoms with E-state index in [1.54, 1.807) is 0 Å². The predicted molar refractivity (Wildman–Crippen MR) is 371 cm³/mol. The SMILES string of the molecule is Cc1cc2c3c(c1)N(c1ccc(-c4cccc5oc6ccccc6c45)cc1)c1cc(N(c4ccc(C(C)(C)C)cc4)c4ccc5ccccc5c4-c4ccccc4)ccc1B3c1cc(C(C)(C)C)ccc1N2c1ccc2c(c1)C(C)(C)c1ccccc1-2. The fourth-order valence-corrected chi connectivity index (χ4v) is 14.8. The molecule has 0 unspecified atom stereocenters. The average Bonchev–Trinajstić information content (AvgIpc) is 1.58. The smallest absolute Gasteiger partial charge is 0.252 e. The molecule has 2 aliphatic heterocycles. The van der Waals surface area contributed by atoms with Crippen molar-refractivity contribution in [2.75, 3.05) is 14.7 Å². The van der Waals surface area contributed by atoms with E-state index in [1.165, 1.54) is 100.0 Å². The number of fused-ring (bicyclic) bond motifs is 11. The van der Waals surface area contributed by atoms with Crippen LogP contribution >= 0.6 is 0 Å². The highest BCUT2D eigenvalue weighted by molar-refractivity contribution is 7.00. The minimum Gasteiger partial charge on any atom is -0.456 e. The van der Waals surface area contributed by atoms with Crippen molar-refractivity contribution in [1.29, 1.82) is 0 Å². The van der Waals surface area contributed by atoms with Gasteiger partial charge < -0.3 is 19.1 Å². The van der Waals surface area contributed by atoms with Crippen LogP contribution in [0.15, 0.2) is 253 Å². The molecule has 13 aromatic rings. The van der Waals surface area contributed by atoms with Gasteiger partial charge in [-0.1, -0.05) is 219 Å². The van der Waals surface area contributed by atoms with Gasteiger partial charge in [-0.3, -0.25) is 0 Å². The highest BCUT2D eigenvalue weighted by atomic mass is 16.3. The van der Waals surface area contributed by atoms with Crippen LogP contribution in [0, 0.1) is 6.92 Å². The molecule has 0 saturated carbocycles. The van der Waals surface area contributed by atoms with Crippen LogP contribution < -0.4 is 31.1 Å². The number of para-hydroxylation sites is 1. The lowest BCUT2D eigenvalue weighted by Gasteiger charge is -2.45. The lowest BCUT2D eigenvalue weighted by molar-refractivity contribution is 0.590. The number of furan rings is 1. The monoisotopic (exact) mass is 1120 g/mol. The van der Waals surface area contributed by atoms with Crippen LogP contribution in [-0.2, 0) is 16.2 Å². The van der Waals surface area contributed by atoms with E-state index in [4.69, 9.17) is 4.42 Å². The van der Waals surface area contributed by atoms with Crippen LogP contribution in [0.5, 0.6) is 0 Å². The summed E-state index contributed by atoms with van der Waals surface area (Å²) in [6.45, 7) is 20.9. The van der Waals surface area contributed by atoms with Gasteiger partial charge in [-0.2, -0.15) is 0 Å². The van der Waals surface area contributed by atoms with E-state index in [0.29, 0.717) is 0 Å². The Hall–Kier alpha value is -9.84. The fourth-order valence-electron chi connectivity index (χ4n) is 14.8. The molecule has 1 aromatic heterocycles. The number of hydrogen-bond acceptors (Lipinski definition) is 4. The van der Waals surface area contributed by atoms with Crippen molar-refractivity contribution in [2.24, 2.45) is 0 Å². The summed E-state index contributed by atoms with van der Waals surface area (Å²) < 4.78 is 6.45. The summed E-state index contributed by atoms with van der Waals surface area (Å²) in [5.74, 6) is 0. The van der Waals surface area contributed by atoms with E-state index in [0.717, 1.165) is 61.5 Å². The summed E-state index contributed by atoms with van der Waals surface area (Å²) in [7, 11) is 0. The van der Waals surface area contributed by atoms with Gasteiger partial charge in [0.05, 0.1) is 5.69 Å². The molecule has 0 N–H and O–H groups in total. The van der Waals surface area contributed by atoms with Crippen molar-refractivity contribution in [3.8, 4) is 33.4 Å². The maximum Gasteiger partial charge on any atom is 0.252 e. The molecule has 1 aliphatic carbocycles. The van der Waals surface area contributed by atoms with E-state index in [1.807, 2.05) is 0 Å². The number of anilines is 9. The zero-order chi connectivity index (χ0) is 59.3. The molecule has 0 bridgehead atoms. The highest BCUT2D eigenvalue weighted by Crippen LogP contribution is 2.53. The molecule has 0 spiro atoms.